The number of benzene rings is 1. The Kier molecular flexibility index (Phi) is 9.91. The summed E-state index contributed by atoms with van der Waals surface area (Å²) in [5, 5.41) is 6.54. The topological polar surface area (TPSA) is 58.5 Å². The number of hydrogen-bond acceptors (Lipinski definition) is 3. The van der Waals surface area contributed by atoms with E-state index in [-0.39, 0.29) is 24.0 Å². The average Bonchev–Trinajstić information content (AvgIpc) is 2.59. The Morgan fingerprint density at radius 2 is 1.92 bits per heavy atom. The molecule has 0 aliphatic rings. The number of ether oxygens (including phenoxy) is 1. The first-order chi connectivity index (χ1) is 11.7. The van der Waals surface area contributed by atoms with Crippen molar-refractivity contribution in [2.45, 2.75) is 40.0 Å². The van der Waals surface area contributed by atoms with E-state index in [1.54, 1.807) is 6.20 Å². The third-order valence-corrected chi connectivity index (χ3v) is 3.22. The summed E-state index contributed by atoms with van der Waals surface area (Å²) < 4.78 is 5.76. The van der Waals surface area contributed by atoms with Crippen LogP contribution in [-0.2, 0) is 13.2 Å². The van der Waals surface area contributed by atoms with E-state index in [0.717, 1.165) is 23.6 Å². The van der Waals surface area contributed by atoms with Gasteiger partial charge in [0, 0.05) is 24.8 Å². The zero-order valence-electron chi connectivity index (χ0n) is 15.0. The molecule has 136 valence electrons. The molecule has 0 aliphatic carbocycles. The van der Waals surface area contributed by atoms with Gasteiger partial charge in [0.15, 0.2) is 5.96 Å². The maximum absolute atomic E-state index is 5.76. The SMILES string of the molecule is CCNC(=NCc1ccnc(OCc2ccccc2)c1)NC(C)C.I. The predicted molar refractivity (Wildman–Crippen MR) is 114 cm³/mol. The molecule has 0 radical (unpaired) electrons. The van der Waals surface area contributed by atoms with Crippen molar-refractivity contribution in [2.24, 2.45) is 4.99 Å². The van der Waals surface area contributed by atoms with E-state index in [4.69, 9.17) is 4.74 Å². The van der Waals surface area contributed by atoms with Gasteiger partial charge < -0.3 is 15.4 Å². The van der Waals surface area contributed by atoms with E-state index in [0.29, 0.717) is 25.1 Å². The molecule has 2 aromatic rings. The highest BCUT2D eigenvalue weighted by Gasteiger charge is 2.02. The molecule has 2 rings (SSSR count). The summed E-state index contributed by atoms with van der Waals surface area (Å²) in [6.45, 7) is 8.16. The van der Waals surface area contributed by atoms with Gasteiger partial charge in [0.05, 0.1) is 6.54 Å². The number of halogens is 1. The fraction of sp³-hybridized carbons (Fsp3) is 0.368. The zero-order valence-corrected chi connectivity index (χ0v) is 17.4. The largest absolute Gasteiger partial charge is 0.473 e. The van der Waals surface area contributed by atoms with Gasteiger partial charge in [0.1, 0.15) is 6.61 Å². The Hall–Kier alpha value is -1.83. The number of nitrogens with one attached hydrogen (secondary N) is 2. The number of rotatable bonds is 7. The van der Waals surface area contributed by atoms with E-state index < -0.39 is 0 Å². The lowest BCUT2D eigenvalue weighted by Gasteiger charge is -2.14. The van der Waals surface area contributed by atoms with Gasteiger partial charge in [-0.15, -0.1) is 24.0 Å². The number of nitrogens with zero attached hydrogens (tertiary/aromatic N) is 2. The molecular weight excluding hydrogens is 427 g/mol. The van der Waals surface area contributed by atoms with Crippen molar-refractivity contribution in [3.8, 4) is 5.88 Å². The Labute approximate surface area is 167 Å². The van der Waals surface area contributed by atoms with Crippen LogP contribution >= 0.6 is 24.0 Å². The van der Waals surface area contributed by atoms with Crippen molar-refractivity contribution in [3.63, 3.8) is 0 Å². The molecule has 0 atom stereocenters. The summed E-state index contributed by atoms with van der Waals surface area (Å²) in [7, 11) is 0. The number of hydrogen-bond donors (Lipinski definition) is 2. The van der Waals surface area contributed by atoms with Crippen molar-refractivity contribution in [2.75, 3.05) is 6.54 Å². The van der Waals surface area contributed by atoms with E-state index in [1.807, 2.05) is 42.5 Å². The number of pyridine rings is 1. The van der Waals surface area contributed by atoms with Crippen LogP contribution in [0.3, 0.4) is 0 Å². The smallest absolute Gasteiger partial charge is 0.213 e. The Bertz CT molecular complexity index is 647. The quantitative estimate of drug-likeness (QED) is 0.380. The molecule has 0 aliphatic heterocycles. The maximum atomic E-state index is 5.76. The summed E-state index contributed by atoms with van der Waals surface area (Å²) >= 11 is 0. The second-order valence-corrected chi connectivity index (χ2v) is 5.77. The van der Waals surface area contributed by atoms with E-state index in [1.165, 1.54) is 0 Å². The van der Waals surface area contributed by atoms with Crippen molar-refractivity contribution in [1.29, 1.82) is 0 Å². The van der Waals surface area contributed by atoms with E-state index in [2.05, 4.69) is 41.4 Å². The molecule has 0 spiro atoms. The van der Waals surface area contributed by atoms with Crippen LogP contribution in [0.5, 0.6) is 5.88 Å². The number of aliphatic imine (C=N–C) groups is 1. The summed E-state index contributed by atoms with van der Waals surface area (Å²) in [6, 6.07) is 14.3. The molecule has 0 amide bonds. The second-order valence-electron chi connectivity index (χ2n) is 5.77. The molecule has 0 fully saturated rings. The predicted octanol–water partition coefficient (Wildman–Crippen LogP) is 3.74. The molecule has 2 N–H and O–H groups in total. The van der Waals surface area contributed by atoms with Crippen LogP contribution in [0.1, 0.15) is 31.9 Å². The molecule has 1 aromatic carbocycles. The van der Waals surface area contributed by atoms with Gasteiger partial charge >= 0.3 is 0 Å². The Morgan fingerprint density at radius 3 is 2.60 bits per heavy atom. The average molecular weight is 454 g/mol. The van der Waals surface area contributed by atoms with Crippen LogP contribution in [0.15, 0.2) is 53.7 Å². The second kappa shape index (κ2) is 11.7. The van der Waals surface area contributed by atoms with E-state index >= 15 is 0 Å². The lowest BCUT2D eigenvalue weighted by Crippen LogP contribution is -2.40. The van der Waals surface area contributed by atoms with Crippen LogP contribution in [0.2, 0.25) is 0 Å². The molecule has 5 nitrogen and oxygen atoms in total. The lowest BCUT2D eigenvalue weighted by atomic mass is 10.2. The molecule has 25 heavy (non-hydrogen) atoms. The van der Waals surface area contributed by atoms with Gasteiger partial charge in [-0.2, -0.15) is 0 Å². The zero-order chi connectivity index (χ0) is 17.2. The minimum atomic E-state index is 0. The van der Waals surface area contributed by atoms with Crippen molar-refractivity contribution >= 4 is 29.9 Å². The highest BCUT2D eigenvalue weighted by atomic mass is 127. The van der Waals surface area contributed by atoms with Crippen LogP contribution < -0.4 is 15.4 Å². The van der Waals surface area contributed by atoms with Crippen LogP contribution in [0.25, 0.3) is 0 Å². The standard InChI is InChI=1S/C19H26N4O.HI/c1-4-20-19(23-15(2)3)22-13-17-10-11-21-18(12-17)24-14-16-8-6-5-7-9-16;/h5-12,15H,4,13-14H2,1-3H3,(H2,20,22,23);1H. The molecule has 6 heteroatoms. The third-order valence-electron chi connectivity index (χ3n) is 3.22. The molecule has 0 bridgehead atoms. The van der Waals surface area contributed by atoms with Gasteiger partial charge in [-0.3, -0.25) is 0 Å². The first-order valence-corrected chi connectivity index (χ1v) is 8.34. The fourth-order valence-corrected chi connectivity index (χ4v) is 2.12. The first kappa shape index (κ1) is 21.2. The minimum absolute atomic E-state index is 0. The third kappa shape index (κ3) is 8.20. The maximum Gasteiger partial charge on any atom is 0.213 e. The van der Waals surface area contributed by atoms with Crippen LogP contribution in [-0.4, -0.2) is 23.5 Å². The molecule has 0 saturated carbocycles. The summed E-state index contributed by atoms with van der Waals surface area (Å²) in [6.07, 6.45) is 1.76. The van der Waals surface area contributed by atoms with Crippen molar-refractivity contribution in [3.05, 3.63) is 59.8 Å². The minimum Gasteiger partial charge on any atom is -0.473 e. The van der Waals surface area contributed by atoms with Crippen LogP contribution in [0.4, 0.5) is 0 Å². The first-order valence-electron chi connectivity index (χ1n) is 8.34. The van der Waals surface area contributed by atoms with Crippen molar-refractivity contribution < 1.29 is 4.74 Å². The number of guanidine groups is 1. The van der Waals surface area contributed by atoms with Gasteiger partial charge in [-0.1, -0.05) is 30.3 Å². The Morgan fingerprint density at radius 1 is 1.16 bits per heavy atom. The molecule has 0 unspecified atom stereocenters. The monoisotopic (exact) mass is 454 g/mol. The normalized spacial score (nSPS) is 11.0. The molecule has 0 saturated heterocycles. The lowest BCUT2D eigenvalue weighted by molar-refractivity contribution is 0.293. The molecule has 1 aromatic heterocycles. The number of aromatic nitrogens is 1. The van der Waals surface area contributed by atoms with Crippen LogP contribution in [0, 0.1) is 0 Å². The summed E-state index contributed by atoms with van der Waals surface area (Å²) in [4.78, 5) is 8.86. The summed E-state index contributed by atoms with van der Waals surface area (Å²) in [5.74, 6) is 1.43. The van der Waals surface area contributed by atoms with Gasteiger partial charge in [0.2, 0.25) is 5.88 Å². The molecule has 1 heterocycles. The molecular formula is C19H27IN4O. The van der Waals surface area contributed by atoms with Gasteiger partial charge in [0.25, 0.3) is 0 Å². The van der Waals surface area contributed by atoms with Gasteiger partial charge in [-0.25, -0.2) is 9.98 Å². The van der Waals surface area contributed by atoms with E-state index in [9.17, 15) is 0 Å². The highest BCUT2D eigenvalue weighted by molar-refractivity contribution is 14.0. The fourth-order valence-electron chi connectivity index (χ4n) is 2.12. The van der Waals surface area contributed by atoms with Crippen molar-refractivity contribution in [1.82, 2.24) is 15.6 Å². The Balaban J connectivity index is 0.00000312. The summed E-state index contributed by atoms with van der Waals surface area (Å²) in [5.41, 5.74) is 2.19. The highest BCUT2D eigenvalue weighted by Crippen LogP contribution is 2.12. The van der Waals surface area contributed by atoms with Gasteiger partial charge in [-0.05, 0) is 38.0 Å².